The van der Waals surface area contributed by atoms with Crippen molar-refractivity contribution in [3.05, 3.63) is 58.7 Å². The standard InChI is InChI=1S/C30H34O6S2/c31-13-7-1-3-9-15-37-23-17-21-22(18-24(23)38-16-10-4-2-8-14-32)30(36)26-25(29(21)35)27(33)19-11-5-6-12-20(19)28(26)34/h5-6,11-12,17-18,31-34H,1-4,7-10,13-16H2. The molecule has 0 amide bonds. The van der Waals surface area contributed by atoms with E-state index in [0.29, 0.717) is 10.8 Å². The fraction of sp³-hybridized carbons (Fsp3) is 0.400. The van der Waals surface area contributed by atoms with Crippen LogP contribution in [0.25, 0.3) is 10.8 Å². The van der Waals surface area contributed by atoms with E-state index in [2.05, 4.69) is 0 Å². The highest BCUT2D eigenvalue weighted by molar-refractivity contribution is 8.02. The summed E-state index contributed by atoms with van der Waals surface area (Å²) in [6.07, 6.45) is 7.50. The van der Waals surface area contributed by atoms with Crippen molar-refractivity contribution >= 4 is 45.9 Å². The van der Waals surface area contributed by atoms with Gasteiger partial charge in [-0.05, 0) is 49.3 Å². The van der Waals surface area contributed by atoms with Gasteiger partial charge in [-0.3, -0.25) is 9.59 Å². The average molecular weight is 555 g/mol. The average Bonchev–Trinajstić information content (AvgIpc) is 2.93. The summed E-state index contributed by atoms with van der Waals surface area (Å²) in [5, 5.41) is 40.6. The SMILES string of the molecule is O=C1c2cc(SCCCCCCO)c(SCCCCCCO)cc2C(=O)c2c1c(O)c1ccccc1c2O. The number of aliphatic hydroxyl groups is 2. The molecule has 4 N–H and O–H groups in total. The maximum absolute atomic E-state index is 13.7. The first-order valence-corrected chi connectivity index (χ1v) is 15.2. The number of fused-ring (bicyclic) bond motifs is 3. The van der Waals surface area contributed by atoms with Crippen LogP contribution >= 0.6 is 23.5 Å². The molecule has 0 fully saturated rings. The highest BCUT2D eigenvalue weighted by atomic mass is 32.2. The fourth-order valence-electron chi connectivity index (χ4n) is 4.77. The second-order valence-corrected chi connectivity index (χ2v) is 11.7. The molecule has 202 valence electrons. The van der Waals surface area contributed by atoms with E-state index < -0.39 is 11.6 Å². The van der Waals surface area contributed by atoms with Crippen LogP contribution in [-0.2, 0) is 0 Å². The summed E-state index contributed by atoms with van der Waals surface area (Å²) in [4.78, 5) is 29.2. The number of benzene rings is 3. The zero-order chi connectivity index (χ0) is 27.1. The number of phenols is 2. The Balaban J connectivity index is 1.66. The number of aromatic hydroxyl groups is 2. The molecule has 0 aliphatic heterocycles. The molecule has 1 aliphatic carbocycles. The molecule has 0 unspecified atom stereocenters. The van der Waals surface area contributed by atoms with Crippen molar-refractivity contribution in [2.45, 2.75) is 61.2 Å². The molecule has 0 saturated heterocycles. The minimum absolute atomic E-state index is 0.136. The van der Waals surface area contributed by atoms with Gasteiger partial charge in [-0.25, -0.2) is 0 Å². The predicted molar refractivity (Wildman–Crippen MR) is 153 cm³/mol. The van der Waals surface area contributed by atoms with Crippen molar-refractivity contribution in [3.63, 3.8) is 0 Å². The van der Waals surface area contributed by atoms with E-state index in [1.807, 2.05) is 0 Å². The highest BCUT2D eigenvalue weighted by Gasteiger charge is 2.37. The van der Waals surface area contributed by atoms with Crippen LogP contribution < -0.4 is 0 Å². The van der Waals surface area contributed by atoms with Gasteiger partial charge < -0.3 is 20.4 Å². The molecule has 0 aromatic heterocycles. The van der Waals surface area contributed by atoms with E-state index in [1.165, 1.54) is 0 Å². The first-order valence-electron chi connectivity index (χ1n) is 13.2. The Morgan fingerprint density at radius 2 is 0.974 bits per heavy atom. The van der Waals surface area contributed by atoms with Gasteiger partial charge in [0.2, 0.25) is 0 Å². The lowest BCUT2D eigenvalue weighted by molar-refractivity contribution is 0.0974. The number of phenolic OH excluding ortho intramolecular Hbond substituents is 2. The fourth-order valence-corrected chi connectivity index (χ4v) is 7.07. The monoisotopic (exact) mass is 554 g/mol. The van der Waals surface area contributed by atoms with E-state index in [1.54, 1.807) is 59.9 Å². The summed E-state index contributed by atoms with van der Waals surface area (Å²) in [5.74, 6) is 0.221. The van der Waals surface area contributed by atoms with Crippen molar-refractivity contribution in [2.24, 2.45) is 0 Å². The van der Waals surface area contributed by atoms with Gasteiger partial charge in [0.25, 0.3) is 0 Å². The summed E-state index contributed by atoms with van der Waals surface area (Å²) in [5.41, 5.74) is 0.232. The number of thioether (sulfide) groups is 2. The van der Waals surface area contributed by atoms with E-state index in [9.17, 15) is 19.8 Å². The molecule has 3 aromatic carbocycles. The van der Waals surface area contributed by atoms with Crippen LogP contribution in [0.5, 0.6) is 11.5 Å². The Labute approximate surface area is 231 Å². The Hall–Kier alpha value is -2.52. The number of unbranched alkanes of at least 4 members (excludes halogenated alkanes) is 6. The molecular formula is C30H34O6S2. The first kappa shape index (κ1) is 28.5. The molecule has 1 aliphatic rings. The van der Waals surface area contributed by atoms with Crippen LogP contribution in [0.3, 0.4) is 0 Å². The molecule has 0 heterocycles. The third-order valence-electron chi connectivity index (χ3n) is 6.81. The van der Waals surface area contributed by atoms with Crippen molar-refractivity contribution < 1.29 is 30.0 Å². The molecule has 0 atom stereocenters. The molecule has 0 bridgehead atoms. The number of hydrogen-bond donors (Lipinski definition) is 4. The smallest absolute Gasteiger partial charge is 0.198 e. The summed E-state index contributed by atoms with van der Waals surface area (Å²) >= 11 is 3.30. The summed E-state index contributed by atoms with van der Waals surface area (Å²) in [6, 6.07) is 10.2. The van der Waals surface area contributed by atoms with Crippen LogP contribution in [0.2, 0.25) is 0 Å². The van der Waals surface area contributed by atoms with Gasteiger partial charge >= 0.3 is 0 Å². The summed E-state index contributed by atoms with van der Waals surface area (Å²) < 4.78 is 0. The first-order chi connectivity index (χ1) is 18.5. The van der Waals surface area contributed by atoms with E-state index in [0.717, 1.165) is 72.7 Å². The van der Waals surface area contributed by atoms with E-state index in [-0.39, 0.29) is 47.0 Å². The van der Waals surface area contributed by atoms with Crippen LogP contribution in [-0.4, -0.2) is 56.7 Å². The zero-order valence-corrected chi connectivity index (χ0v) is 23.0. The lowest BCUT2D eigenvalue weighted by Gasteiger charge is -2.23. The lowest BCUT2D eigenvalue weighted by Crippen LogP contribution is -2.22. The topological polar surface area (TPSA) is 115 Å². The van der Waals surface area contributed by atoms with Gasteiger partial charge in [-0.15, -0.1) is 23.5 Å². The third kappa shape index (κ3) is 6.04. The molecule has 3 aromatic rings. The van der Waals surface area contributed by atoms with Gasteiger partial charge in [0.1, 0.15) is 11.5 Å². The second-order valence-electron chi connectivity index (χ2n) is 9.47. The molecule has 0 spiro atoms. The maximum atomic E-state index is 13.7. The maximum Gasteiger partial charge on any atom is 0.198 e. The molecule has 4 rings (SSSR count). The summed E-state index contributed by atoms with van der Waals surface area (Å²) in [7, 11) is 0. The van der Waals surface area contributed by atoms with Gasteiger partial charge in [0, 0.05) is 44.9 Å². The van der Waals surface area contributed by atoms with Gasteiger partial charge in [-0.1, -0.05) is 49.9 Å². The molecule has 0 radical (unpaired) electrons. The second kappa shape index (κ2) is 13.5. The molecule has 38 heavy (non-hydrogen) atoms. The highest BCUT2D eigenvalue weighted by Crippen LogP contribution is 2.46. The van der Waals surface area contributed by atoms with E-state index >= 15 is 0 Å². The van der Waals surface area contributed by atoms with Gasteiger partial charge in [0.05, 0.1) is 11.1 Å². The normalized spacial score (nSPS) is 12.7. The number of aliphatic hydroxyl groups excluding tert-OH is 2. The largest absolute Gasteiger partial charge is 0.506 e. The number of carbonyl (C=O) groups is 2. The van der Waals surface area contributed by atoms with Crippen molar-refractivity contribution in [1.82, 2.24) is 0 Å². The summed E-state index contributed by atoms with van der Waals surface area (Å²) in [6.45, 7) is 0.402. The Bertz CT molecular complexity index is 1220. The van der Waals surface area contributed by atoms with Crippen LogP contribution in [0.15, 0.2) is 46.2 Å². The van der Waals surface area contributed by atoms with Crippen molar-refractivity contribution in [2.75, 3.05) is 24.7 Å². The molecule has 6 nitrogen and oxygen atoms in total. The molecular weight excluding hydrogens is 520 g/mol. The predicted octanol–water partition coefficient (Wildman–Crippen LogP) is 6.32. The lowest BCUT2D eigenvalue weighted by atomic mass is 9.81. The number of carbonyl (C=O) groups excluding carboxylic acids is 2. The quantitative estimate of drug-likeness (QED) is 0.0814. The van der Waals surface area contributed by atoms with Crippen LogP contribution in [0.4, 0.5) is 0 Å². The third-order valence-corrected chi connectivity index (χ3v) is 9.22. The number of ketones is 2. The number of hydrogen-bond acceptors (Lipinski definition) is 8. The van der Waals surface area contributed by atoms with Crippen LogP contribution in [0, 0.1) is 0 Å². The Morgan fingerprint density at radius 3 is 1.37 bits per heavy atom. The molecule has 0 saturated carbocycles. The Kier molecular flexibility index (Phi) is 10.1. The number of rotatable bonds is 14. The minimum atomic E-state index is -0.460. The molecule has 8 heteroatoms. The van der Waals surface area contributed by atoms with Gasteiger partial charge in [0.15, 0.2) is 11.6 Å². The van der Waals surface area contributed by atoms with Crippen LogP contribution in [0.1, 0.15) is 83.2 Å². The van der Waals surface area contributed by atoms with Gasteiger partial charge in [-0.2, -0.15) is 0 Å². The Morgan fingerprint density at radius 1 is 0.579 bits per heavy atom. The zero-order valence-electron chi connectivity index (χ0n) is 21.4. The minimum Gasteiger partial charge on any atom is -0.506 e. The van der Waals surface area contributed by atoms with Crippen molar-refractivity contribution in [3.8, 4) is 11.5 Å². The van der Waals surface area contributed by atoms with E-state index in [4.69, 9.17) is 10.2 Å². The van der Waals surface area contributed by atoms with Crippen molar-refractivity contribution in [1.29, 1.82) is 0 Å².